The zero-order valence-electron chi connectivity index (χ0n) is 15.6. The van der Waals surface area contributed by atoms with Crippen molar-refractivity contribution >= 4 is 5.91 Å². The number of benzene rings is 2. The lowest BCUT2D eigenvalue weighted by Crippen LogP contribution is -2.25. The van der Waals surface area contributed by atoms with E-state index in [1.807, 2.05) is 42.5 Å². The minimum absolute atomic E-state index is 0.0979. The molecule has 1 N–H and O–H groups in total. The maximum Gasteiger partial charge on any atom is 0.251 e. The van der Waals surface area contributed by atoms with Gasteiger partial charge in [0.15, 0.2) is 0 Å². The predicted molar refractivity (Wildman–Crippen MR) is 104 cm³/mol. The van der Waals surface area contributed by atoms with E-state index in [1.54, 1.807) is 12.1 Å². The average molecular weight is 369 g/mol. The summed E-state index contributed by atoms with van der Waals surface area (Å²) in [5.41, 5.74) is 1.69. The van der Waals surface area contributed by atoms with E-state index in [1.165, 1.54) is 0 Å². The molecule has 5 nitrogen and oxygen atoms in total. The molecule has 2 aromatic rings. The van der Waals surface area contributed by atoms with Gasteiger partial charge in [0.1, 0.15) is 12.4 Å². The molecule has 5 heteroatoms. The van der Waals surface area contributed by atoms with Crippen LogP contribution in [0, 0.1) is 0 Å². The number of amides is 1. The zero-order valence-corrected chi connectivity index (χ0v) is 15.6. The number of hydrogen-bond acceptors (Lipinski definition) is 4. The lowest BCUT2D eigenvalue weighted by molar-refractivity contribution is 0.0166. The van der Waals surface area contributed by atoms with E-state index in [0.29, 0.717) is 37.7 Å². The fraction of sp³-hybridized carbons (Fsp3) is 0.409. The summed E-state index contributed by atoms with van der Waals surface area (Å²) < 4.78 is 16.9. The quantitative estimate of drug-likeness (QED) is 0.651. The first kappa shape index (κ1) is 19.4. The normalized spacial score (nSPS) is 16.2. The zero-order chi connectivity index (χ0) is 18.7. The summed E-state index contributed by atoms with van der Waals surface area (Å²) in [6.45, 7) is 3.18. The van der Waals surface area contributed by atoms with Crippen LogP contribution in [-0.2, 0) is 16.1 Å². The molecule has 1 aliphatic rings. The Morgan fingerprint density at radius 2 is 2.04 bits per heavy atom. The molecule has 1 atom stereocenters. The van der Waals surface area contributed by atoms with Crippen molar-refractivity contribution in [3.8, 4) is 5.75 Å². The van der Waals surface area contributed by atoms with Gasteiger partial charge in [-0.25, -0.2) is 0 Å². The summed E-state index contributed by atoms with van der Waals surface area (Å²) in [5.74, 6) is 0.589. The van der Waals surface area contributed by atoms with Crippen LogP contribution in [0.25, 0.3) is 0 Å². The van der Waals surface area contributed by atoms with Crippen molar-refractivity contribution < 1.29 is 19.0 Å². The van der Waals surface area contributed by atoms with Crippen LogP contribution in [0.15, 0.2) is 54.6 Å². The topological polar surface area (TPSA) is 56.8 Å². The number of carbonyl (C=O) groups is 1. The molecule has 27 heavy (non-hydrogen) atoms. The van der Waals surface area contributed by atoms with Crippen molar-refractivity contribution in [3.05, 3.63) is 65.7 Å². The lowest BCUT2D eigenvalue weighted by atomic mass is 10.2. The van der Waals surface area contributed by atoms with Gasteiger partial charge in [-0.3, -0.25) is 4.79 Å². The summed E-state index contributed by atoms with van der Waals surface area (Å²) in [6, 6.07) is 17.2. The maximum atomic E-state index is 12.3. The van der Waals surface area contributed by atoms with Crippen molar-refractivity contribution in [2.75, 3.05) is 26.4 Å². The second-order valence-electron chi connectivity index (χ2n) is 6.62. The molecule has 0 aliphatic carbocycles. The average Bonchev–Trinajstić information content (AvgIpc) is 3.23. The van der Waals surface area contributed by atoms with Crippen LogP contribution in [0.4, 0.5) is 0 Å². The monoisotopic (exact) mass is 369 g/mol. The molecule has 0 radical (unpaired) electrons. The highest BCUT2D eigenvalue weighted by Gasteiger charge is 2.15. The smallest absolute Gasteiger partial charge is 0.251 e. The molecule has 1 unspecified atom stereocenters. The van der Waals surface area contributed by atoms with Gasteiger partial charge in [-0.15, -0.1) is 0 Å². The van der Waals surface area contributed by atoms with Gasteiger partial charge in [-0.2, -0.15) is 0 Å². The summed E-state index contributed by atoms with van der Waals surface area (Å²) in [5, 5.41) is 2.92. The third-order valence-electron chi connectivity index (χ3n) is 4.42. The van der Waals surface area contributed by atoms with Crippen molar-refractivity contribution in [2.45, 2.75) is 32.0 Å². The summed E-state index contributed by atoms with van der Waals surface area (Å²) in [7, 11) is 0. The van der Waals surface area contributed by atoms with Gasteiger partial charge in [0, 0.05) is 25.3 Å². The Balaban J connectivity index is 1.35. The minimum Gasteiger partial charge on any atom is -0.489 e. The van der Waals surface area contributed by atoms with Gasteiger partial charge in [0.25, 0.3) is 5.91 Å². The molecule has 1 fully saturated rings. The van der Waals surface area contributed by atoms with Crippen LogP contribution in [-0.4, -0.2) is 38.4 Å². The van der Waals surface area contributed by atoms with Crippen molar-refractivity contribution in [3.63, 3.8) is 0 Å². The first-order valence-corrected chi connectivity index (χ1v) is 9.55. The molecule has 3 rings (SSSR count). The molecule has 1 heterocycles. The van der Waals surface area contributed by atoms with Crippen LogP contribution in [0.2, 0.25) is 0 Å². The van der Waals surface area contributed by atoms with Crippen LogP contribution < -0.4 is 10.1 Å². The van der Waals surface area contributed by atoms with Crippen molar-refractivity contribution in [1.29, 1.82) is 0 Å². The highest BCUT2D eigenvalue weighted by atomic mass is 16.5. The lowest BCUT2D eigenvalue weighted by Gasteiger charge is -2.11. The van der Waals surface area contributed by atoms with E-state index >= 15 is 0 Å². The molecular formula is C22H27NO4. The predicted octanol–water partition coefficient (Wildman–Crippen LogP) is 3.58. The number of carbonyl (C=O) groups excluding carboxylic acids is 1. The van der Waals surface area contributed by atoms with Gasteiger partial charge >= 0.3 is 0 Å². The Bertz CT molecular complexity index is 698. The molecule has 2 aromatic carbocycles. The van der Waals surface area contributed by atoms with E-state index in [2.05, 4.69) is 5.32 Å². The van der Waals surface area contributed by atoms with Crippen LogP contribution in [0.1, 0.15) is 35.2 Å². The molecule has 0 bridgehead atoms. The van der Waals surface area contributed by atoms with E-state index in [-0.39, 0.29) is 12.0 Å². The Hall–Kier alpha value is -2.37. The standard InChI is InChI=1S/C22H27NO4/c24-22(23-12-6-13-25-17-21-11-5-14-26-21)19-9-4-10-20(15-19)27-16-18-7-2-1-3-8-18/h1-4,7-10,15,21H,5-6,11-14,16-17H2,(H,23,24). The van der Waals surface area contributed by atoms with Crippen LogP contribution in [0.5, 0.6) is 5.75 Å². The van der Waals surface area contributed by atoms with E-state index in [9.17, 15) is 4.79 Å². The van der Waals surface area contributed by atoms with E-state index in [0.717, 1.165) is 31.4 Å². The van der Waals surface area contributed by atoms with Crippen LogP contribution >= 0.6 is 0 Å². The Labute approximate surface area is 160 Å². The molecule has 144 valence electrons. The van der Waals surface area contributed by atoms with E-state index < -0.39 is 0 Å². The molecule has 1 aliphatic heterocycles. The first-order chi connectivity index (χ1) is 13.3. The fourth-order valence-electron chi connectivity index (χ4n) is 2.94. The van der Waals surface area contributed by atoms with Gasteiger partial charge in [-0.1, -0.05) is 36.4 Å². The first-order valence-electron chi connectivity index (χ1n) is 9.55. The SMILES string of the molecule is O=C(NCCCOCC1CCCO1)c1cccc(OCc2ccccc2)c1. The maximum absolute atomic E-state index is 12.3. The minimum atomic E-state index is -0.0979. The number of rotatable bonds is 10. The van der Waals surface area contributed by atoms with Gasteiger partial charge in [-0.05, 0) is 43.0 Å². The third kappa shape index (κ3) is 6.70. The number of ether oxygens (including phenoxy) is 3. The van der Waals surface area contributed by atoms with E-state index in [4.69, 9.17) is 14.2 Å². The molecule has 0 spiro atoms. The summed E-state index contributed by atoms with van der Waals surface area (Å²) in [6.07, 6.45) is 3.23. The molecule has 1 amide bonds. The molecule has 0 saturated carbocycles. The van der Waals surface area contributed by atoms with Crippen molar-refractivity contribution in [2.24, 2.45) is 0 Å². The second-order valence-corrected chi connectivity index (χ2v) is 6.62. The molecule has 1 saturated heterocycles. The highest BCUT2D eigenvalue weighted by Crippen LogP contribution is 2.15. The molecular weight excluding hydrogens is 342 g/mol. The second kappa shape index (κ2) is 10.7. The third-order valence-corrected chi connectivity index (χ3v) is 4.42. The summed E-state index contributed by atoms with van der Waals surface area (Å²) in [4.78, 5) is 12.3. The van der Waals surface area contributed by atoms with Gasteiger partial charge in [0.05, 0.1) is 12.7 Å². The Kier molecular flexibility index (Phi) is 7.69. The van der Waals surface area contributed by atoms with Crippen molar-refractivity contribution in [1.82, 2.24) is 5.32 Å². The largest absolute Gasteiger partial charge is 0.489 e. The number of hydrogen-bond donors (Lipinski definition) is 1. The Morgan fingerprint density at radius 1 is 1.15 bits per heavy atom. The summed E-state index contributed by atoms with van der Waals surface area (Å²) >= 11 is 0. The Morgan fingerprint density at radius 3 is 2.85 bits per heavy atom. The number of nitrogens with one attached hydrogen (secondary N) is 1. The van der Waals surface area contributed by atoms with Gasteiger partial charge < -0.3 is 19.5 Å². The fourth-order valence-corrected chi connectivity index (χ4v) is 2.94. The molecule has 0 aromatic heterocycles. The van der Waals surface area contributed by atoms with Gasteiger partial charge in [0.2, 0.25) is 0 Å². The highest BCUT2D eigenvalue weighted by molar-refractivity contribution is 5.94. The van der Waals surface area contributed by atoms with Crippen LogP contribution in [0.3, 0.4) is 0 Å².